The van der Waals surface area contributed by atoms with E-state index in [0.29, 0.717) is 17.8 Å². The lowest BCUT2D eigenvalue weighted by Gasteiger charge is -2.07. The zero-order valence-corrected chi connectivity index (χ0v) is 13.9. The molecule has 0 aliphatic carbocycles. The van der Waals surface area contributed by atoms with Crippen molar-refractivity contribution >= 4 is 33.0 Å². The third kappa shape index (κ3) is 2.04. The molecule has 0 bridgehead atoms. The quantitative estimate of drug-likeness (QED) is 0.646. The Morgan fingerprint density at radius 3 is 2.86 bits per heavy atom. The van der Waals surface area contributed by atoms with Gasteiger partial charge < -0.3 is 0 Å². The van der Waals surface area contributed by atoms with Crippen LogP contribution in [0.3, 0.4) is 0 Å². The summed E-state index contributed by atoms with van der Waals surface area (Å²) in [6.07, 6.45) is 0. The fourth-order valence-electron chi connectivity index (χ4n) is 2.58. The van der Waals surface area contributed by atoms with Gasteiger partial charge >= 0.3 is 0 Å². The number of rotatable bonds is 1. The Bertz CT molecular complexity index is 912. The van der Waals surface area contributed by atoms with Gasteiger partial charge in [-0.3, -0.25) is 9.56 Å². The van der Waals surface area contributed by atoms with Gasteiger partial charge in [-0.05, 0) is 41.1 Å². The Balaban J connectivity index is 2.00. The van der Waals surface area contributed by atoms with Crippen LogP contribution in [-0.4, -0.2) is 20.5 Å². The van der Waals surface area contributed by atoms with E-state index in [9.17, 15) is 4.39 Å². The predicted molar refractivity (Wildman–Crippen MR) is 87.4 cm³/mol. The second-order valence-electron chi connectivity index (χ2n) is 4.91. The van der Waals surface area contributed by atoms with E-state index in [2.05, 4.69) is 31.1 Å². The maximum Gasteiger partial charge on any atom is 0.160 e. The van der Waals surface area contributed by atoms with Gasteiger partial charge in [-0.15, -0.1) is 21.5 Å². The van der Waals surface area contributed by atoms with Gasteiger partial charge in [0.15, 0.2) is 5.82 Å². The summed E-state index contributed by atoms with van der Waals surface area (Å²) in [7, 11) is 0. The highest BCUT2D eigenvalue weighted by molar-refractivity contribution is 9.11. The predicted octanol–water partition coefficient (Wildman–Crippen LogP) is 3.89. The number of hydrogen-bond donors (Lipinski definition) is 0. The standard InChI is InChI=1S/C15H10BrFN4S/c1-8-19-20-13-7-18-14(9-4-2-3-5-11(9)17)10-6-12(16)22-15(10)21(8)13/h2-6H,7H2,1H3. The number of thiophene rings is 1. The number of aliphatic imine (C=N–C) groups is 1. The first-order valence-electron chi connectivity index (χ1n) is 6.65. The molecule has 4 rings (SSSR count). The van der Waals surface area contributed by atoms with Crippen molar-refractivity contribution in [3.63, 3.8) is 0 Å². The fourth-order valence-corrected chi connectivity index (χ4v) is 4.22. The average Bonchev–Trinajstić information content (AvgIpc) is 3.00. The second-order valence-corrected chi connectivity index (χ2v) is 7.32. The van der Waals surface area contributed by atoms with Crippen molar-refractivity contribution in [2.75, 3.05) is 0 Å². The molecule has 22 heavy (non-hydrogen) atoms. The van der Waals surface area contributed by atoms with Crippen molar-refractivity contribution in [3.8, 4) is 5.00 Å². The van der Waals surface area contributed by atoms with Crippen LogP contribution in [0.15, 0.2) is 39.1 Å². The van der Waals surface area contributed by atoms with E-state index >= 15 is 0 Å². The molecule has 0 fully saturated rings. The van der Waals surface area contributed by atoms with Crippen LogP contribution in [0.25, 0.3) is 5.00 Å². The normalized spacial score (nSPS) is 13.3. The molecule has 3 aromatic rings. The summed E-state index contributed by atoms with van der Waals surface area (Å²) < 4.78 is 17.2. The minimum Gasteiger partial charge on any atom is -0.276 e. The number of hydrogen-bond acceptors (Lipinski definition) is 4. The lowest BCUT2D eigenvalue weighted by Crippen LogP contribution is -2.07. The molecule has 0 saturated carbocycles. The van der Waals surface area contributed by atoms with Crippen LogP contribution >= 0.6 is 27.3 Å². The smallest absolute Gasteiger partial charge is 0.160 e. The molecule has 1 aliphatic heterocycles. The van der Waals surface area contributed by atoms with Gasteiger partial charge in [-0.2, -0.15) is 0 Å². The van der Waals surface area contributed by atoms with E-state index < -0.39 is 0 Å². The highest BCUT2D eigenvalue weighted by atomic mass is 79.9. The topological polar surface area (TPSA) is 43.1 Å². The average molecular weight is 377 g/mol. The molecule has 0 amide bonds. The number of aromatic nitrogens is 3. The maximum absolute atomic E-state index is 14.2. The molecule has 7 heteroatoms. The minimum absolute atomic E-state index is 0.274. The molecule has 0 saturated heterocycles. The number of fused-ring (bicyclic) bond motifs is 3. The van der Waals surface area contributed by atoms with Crippen molar-refractivity contribution in [2.45, 2.75) is 13.5 Å². The Morgan fingerprint density at radius 2 is 2.05 bits per heavy atom. The van der Waals surface area contributed by atoms with E-state index in [-0.39, 0.29) is 5.82 Å². The number of benzene rings is 1. The molecular formula is C15H10BrFN4S. The molecule has 0 spiro atoms. The fraction of sp³-hybridized carbons (Fsp3) is 0.133. The lowest BCUT2D eigenvalue weighted by atomic mass is 10.0. The van der Waals surface area contributed by atoms with E-state index in [1.54, 1.807) is 23.5 Å². The lowest BCUT2D eigenvalue weighted by molar-refractivity contribution is 0.625. The summed E-state index contributed by atoms with van der Waals surface area (Å²) in [6.45, 7) is 2.28. The summed E-state index contributed by atoms with van der Waals surface area (Å²) in [5.74, 6) is 1.29. The first-order chi connectivity index (χ1) is 10.6. The van der Waals surface area contributed by atoms with Gasteiger partial charge in [-0.1, -0.05) is 12.1 Å². The Kier molecular flexibility index (Phi) is 3.19. The summed E-state index contributed by atoms with van der Waals surface area (Å²) in [6, 6.07) is 8.68. The van der Waals surface area contributed by atoms with E-state index in [0.717, 1.165) is 26.0 Å². The zero-order valence-electron chi connectivity index (χ0n) is 11.5. The minimum atomic E-state index is -0.274. The number of nitrogens with zero attached hydrogens (tertiary/aromatic N) is 4. The van der Waals surface area contributed by atoms with E-state index in [1.807, 2.05) is 23.6 Å². The Labute approximate surface area is 138 Å². The SMILES string of the molecule is Cc1nnc2n1-c1sc(Br)cc1C(c1ccccc1F)=NC2. The van der Waals surface area contributed by atoms with Crippen LogP contribution < -0.4 is 0 Å². The van der Waals surface area contributed by atoms with Crippen LogP contribution in [0.4, 0.5) is 4.39 Å². The molecule has 1 aromatic carbocycles. The zero-order chi connectivity index (χ0) is 15.3. The molecule has 0 N–H and O–H groups in total. The second kappa shape index (κ2) is 5.10. The number of aryl methyl sites for hydroxylation is 1. The van der Waals surface area contributed by atoms with E-state index in [4.69, 9.17) is 0 Å². The maximum atomic E-state index is 14.2. The summed E-state index contributed by atoms with van der Waals surface area (Å²) in [5, 5.41) is 9.26. The molecule has 0 radical (unpaired) electrons. The van der Waals surface area contributed by atoms with Gasteiger partial charge in [0.2, 0.25) is 0 Å². The molecule has 4 nitrogen and oxygen atoms in total. The van der Waals surface area contributed by atoms with Crippen LogP contribution in [0, 0.1) is 12.7 Å². The Hall–Kier alpha value is -1.86. The Morgan fingerprint density at radius 1 is 1.23 bits per heavy atom. The van der Waals surface area contributed by atoms with Crippen molar-refractivity contribution in [3.05, 3.63) is 62.7 Å². The highest BCUT2D eigenvalue weighted by Crippen LogP contribution is 2.35. The number of halogens is 2. The first kappa shape index (κ1) is 13.8. The van der Waals surface area contributed by atoms with Crippen LogP contribution in [-0.2, 0) is 6.54 Å². The third-order valence-corrected chi connectivity index (χ3v) is 5.16. The highest BCUT2D eigenvalue weighted by Gasteiger charge is 2.25. The van der Waals surface area contributed by atoms with Gasteiger partial charge in [0, 0.05) is 11.1 Å². The summed E-state index contributed by atoms with van der Waals surface area (Å²) in [4.78, 5) is 4.60. The van der Waals surface area contributed by atoms with Gasteiger partial charge in [0.25, 0.3) is 0 Å². The molecule has 1 aliphatic rings. The van der Waals surface area contributed by atoms with Gasteiger partial charge in [0.05, 0.1) is 9.50 Å². The summed E-state index contributed by atoms with van der Waals surface area (Å²) >= 11 is 5.08. The largest absolute Gasteiger partial charge is 0.276 e. The van der Waals surface area contributed by atoms with Gasteiger partial charge in [-0.25, -0.2) is 4.39 Å². The monoisotopic (exact) mass is 376 g/mol. The molecule has 110 valence electrons. The first-order valence-corrected chi connectivity index (χ1v) is 8.26. The van der Waals surface area contributed by atoms with Crippen molar-refractivity contribution < 1.29 is 4.39 Å². The molecule has 2 aromatic heterocycles. The van der Waals surface area contributed by atoms with Crippen molar-refractivity contribution in [1.82, 2.24) is 14.8 Å². The van der Waals surface area contributed by atoms with Gasteiger partial charge in [0.1, 0.15) is 23.2 Å². The molecule has 0 unspecified atom stereocenters. The summed E-state index contributed by atoms with van der Waals surface area (Å²) in [5.41, 5.74) is 2.05. The van der Waals surface area contributed by atoms with Crippen LogP contribution in [0.1, 0.15) is 22.8 Å². The van der Waals surface area contributed by atoms with E-state index in [1.165, 1.54) is 6.07 Å². The van der Waals surface area contributed by atoms with Crippen LogP contribution in [0.2, 0.25) is 0 Å². The third-order valence-electron chi connectivity index (χ3n) is 3.54. The van der Waals surface area contributed by atoms with Crippen molar-refractivity contribution in [1.29, 1.82) is 0 Å². The molecule has 0 atom stereocenters. The van der Waals surface area contributed by atoms with Crippen molar-refractivity contribution in [2.24, 2.45) is 4.99 Å². The molecular weight excluding hydrogens is 367 g/mol. The molecule has 3 heterocycles. The van der Waals surface area contributed by atoms with Crippen LogP contribution in [0.5, 0.6) is 0 Å².